The predicted molar refractivity (Wildman–Crippen MR) is 112 cm³/mol. The van der Waals surface area contributed by atoms with Crippen molar-refractivity contribution < 1.29 is 47.7 Å². The van der Waals surface area contributed by atoms with Crippen LogP contribution in [-0.2, 0) is 42.6 Å². The van der Waals surface area contributed by atoms with Crippen molar-refractivity contribution in [3.8, 4) is 0 Å². The Labute approximate surface area is 186 Å². The van der Waals surface area contributed by atoms with Gasteiger partial charge in [-0.25, -0.2) is 0 Å². The lowest BCUT2D eigenvalue weighted by atomic mass is 10.2. The smallest absolute Gasteiger partial charge is 0.157 e. The summed E-state index contributed by atoms with van der Waals surface area (Å²) < 4.78 is 48.6. The van der Waals surface area contributed by atoms with Gasteiger partial charge in [-0.1, -0.05) is 0 Å². The summed E-state index contributed by atoms with van der Waals surface area (Å²) in [7, 11) is 0. The monoisotopic (exact) mass is 454 g/mol. The molecule has 1 unspecified atom stereocenters. The van der Waals surface area contributed by atoms with Crippen molar-refractivity contribution in [2.75, 3.05) is 112 Å². The maximum atomic E-state index is 8.54. The minimum absolute atomic E-state index is 0.0329. The van der Waals surface area contributed by atoms with E-state index in [4.69, 9.17) is 47.7 Å². The number of aliphatic hydroxyl groups is 1. The lowest BCUT2D eigenvalue weighted by Gasteiger charge is -2.22. The van der Waals surface area contributed by atoms with Gasteiger partial charge in [0.2, 0.25) is 0 Å². The van der Waals surface area contributed by atoms with Crippen LogP contribution in [0.15, 0.2) is 0 Å². The largest absolute Gasteiger partial charge is 0.394 e. The van der Waals surface area contributed by atoms with Crippen molar-refractivity contribution in [1.82, 2.24) is 0 Å². The second kappa shape index (κ2) is 24.2. The van der Waals surface area contributed by atoms with Crippen molar-refractivity contribution >= 4 is 0 Å². The van der Waals surface area contributed by atoms with E-state index in [2.05, 4.69) is 0 Å². The van der Waals surface area contributed by atoms with E-state index in [1.54, 1.807) is 0 Å². The van der Waals surface area contributed by atoms with E-state index in [-0.39, 0.29) is 12.9 Å². The van der Waals surface area contributed by atoms with Crippen LogP contribution in [0.25, 0.3) is 0 Å². The molecule has 10 nitrogen and oxygen atoms in total. The summed E-state index contributed by atoms with van der Waals surface area (Å²) in [6, 6.07) is 0. The Morgan fingerprint density at radius 2 is 0.903 bits per heavy atom. The topological polar surface area (TPSA) is 103 Å². The van der Waals surface area contributed by atoms with Crippen LogP contribution in [-0.4, -0.2) is 124 Å². The molecule has 0 bridgehead atoms. The molecule has 186 valence electrons. The van der Waals surface area contributed by atoms with Crippen molar-refractivity contribution in [2.45, 2.75) is 25.6 Å². The summed E-state index contributed by atoms with van der Waals surface area (Å²) in [5.74, 6) is 0. The third kappa shape index (κ3) is 21.2. The van der Waals surface area contributed by atoms with Gasteiger partial charge in [-0.3, -0.25) is 0 Å². The molecule has 1 heterocycles. The van der Waals surface area contributed by atoms with Crippen LogP contribution in [0, 0.1) is 0 Å². The van der Waals surface area contributed by atoms with Crippen molar-refractivity contribution in [3.05, 3.63) is 0 Å². The summed E-state index contributed by atoms with van der Waals surface area (Å²) in [5, 5.41) is 8.54. The molecule has 0 aliphatic carbocycles. The third-order valence-corrected chi connectivity index (χ3v) is 4.14. The Morgan fingerprint density at radius 1 is 0.516 bits per heavy atom. The zero-order chi connectivity index (χ0) is 22.1. The van der Waals surface area contributed by atoms with Crippen LogP contribution in [0.2, 0.25) is 0 Å². The molecule has 1 fully saturated rings. The van der Waals surface area contributed by atoms with E-state index in [0.29, 0.717) is 99.1 Å². The molecule has 0 radical (unpaired) electrons. The number of hydrogen-bond acceptors (Lipinski definition) is 10. The van der Waals surface area contributed by atoms with Crippen LogP contribution >= 0.6 is 0 Å². The van der Waals surface area contributed by atoms with Gasteiger partial charge in [0.15, 0.2) is 6.29 Å². The maximum Gasteiger partial charge on any atom is 0.157 e. The zero-order valence-corrected chi connectivity index (χ0v) is 18.8. The maximum absolute atomic E-state index is 8.54. The first kappa shape index (κ1) is 28.6. The zero-order valence-electron chi connectivity index (χ0n) is 18.8. The molecule has 1 atom stereocenters. The lowest BCUT2D eigenvalue weighted by molar-refractivity contribution is -0.169. The molecular formula is C21H42O10. The molecule has 1 saturated heterocycles. The molecular weight excluding hydrogens is 412 g/mol. The van der Waals surface area contributed by atoms with Crippen molar-refractivity contribution in [3.63, 3.8) is 0 Å². The van der Waals surface area contributed by atoms with E-state index >= 15 is 0 Å². The van der Waals surface area contributed by atoms with Crippen LogP contribution < -0.4 is 0 Å². The van der Waals surface area contributed by atoms with Gasteiger partial charge in [-0.2, -0.15) is 0 Å². The average Bonchev–Trinajstić information content (AvgIpc) is 2.80. The number of ether oxygens (including phenoxy) is 9. The van der Waals surface area contributed by atoms with Gasteiger partial charge in [0.05, 0.1) is 106 Å². The lowest BCUT2D eigenvalue weighted by Crippen LogP contribution is -2.24. The number of hydrogen-bond donors (Lipinski definition) is 1. The van der Waals surface area contributed by atoms with Gasteiger partial charge in [0.25, 0.3) is 0 Å². The molecule has 0 aromatic rings. The summed E-state index contributed by atoms with van der Waals surface area (Å²) in [4.78, 5) is 0. The Balaban J connectivity index is 1.62. The Hall–Kier alpha value is -0.400. The molecule has 0 aromatic heterocycles. The quantitative estimate of drug-likeness (QED) is 0.209. The fourth-order valence-corrected chi connectivity index (χ4v) is 2.57. The third-order valence-electron chi connectivity index (χ3n) is 4.14. The van der Waals surface area contributed by atoms with Gasteiger partial charge in [-0.05, 0) is 19.3 Å². The second-order valence-corrected chi connectivity index (χ2v) is 6.68. The van der Waals surface area contributed by atoms with Gasteiger partial charge < -0.3 is 47.7 Å². The highest BCUT2D eigenvalue weighted by molar-refractivity contribution is 4.53. The van der Waals surface area contributed by atoms with Crippen molar-refractivity contribution in [1.29, 1.82) is 0 Å². The highest BCUT2D eigenvalue weighted by Gasteiger charge is 2.13. The normalized spacial score (nSPS) is 16.7. The molecule has 1 aliphatic rings. The van der Waals surface area contributed by atoms with E-state index in [0.717, 1.165) is 19.4 Å². The fraction of sp³-hybridized carbons (Fsp3) is 1.00. The van der Waals surface area contributed by atoms with Gasteiger partial charge >= 0.3 is 0 Å². The predicted octanol–water partition coefficient (Wildman–Crippen LogP) is 0.638. The van der Waals surface area contributed by atoms with E-state index < -0.39 is 0 Å². The van der Waals surface area contributed by atoms with Crippen LogP contribution in [0.3, 0.4) is 0 Å². The summed E-state index contributed by atoms with van der Waals surface area (Å²) in [6.07, 6.45) is 3.21. The van der Waals surface area contributed by atoms with Gasteiger partial charge in [0, 0.05) is 6.61 Å². The Bertz CT molecular complexity index is 342. The minimum atomic E-state index is -0.0590. The first-order valence-corrected chi connectivity index (χ1v) is 11.3. The standard InChI is InChI=1S/C21H42O10/c22-4-6-23-7-8-24-9-10-25-11-12-26-13-14-27-15-16-28-17-18-29-19-20-31-21-3-1-2-5-30-21/h21-22H,1-20H2. The molecule has 1 N–H and O–H groups in total. The molecule has 1 rings (SSSR count). The average molecular weight is 455 g/mol. The summed E-state index contributed by atoms with van der Waals surface area (Å²) in [5.41, 5.74) is 0. The molecule has 1 aliphatic heterocycles. The first-order valence-electron chi connectivity index (χ1n) is 11.3. The molecule has 10 heteroatoms. The number of aliphatic hydroxyl groups excluding tert-OH is 1. The second-order valence-electron chi connectivity index (χ2n) is 6.68. The van der Waals surface area contributed by atoms with Gasteiger partial charge in [-0.15, -0.1) is 0 Å². The highest BCUT2D eigenvalue weighted by Crippen LogP contribution is 2.13. The minimum Gasteiger partial charge on any atom is -0.394 e. The van der Waals surface area contributed by atoms with Crippen LogP contribution in [0.4, 0.5) is 0 Å². The molecule has 31 heavy (non-hydrogen) atoms. The molecule has 0 amide bonds. The SMILES string of the molecule is OCCOCCOCCOCCOCCOCCOCCOCCOC1CCCCO1. The fourth-order valence-electron chi connectivity index (χ4n) is 2.57. The van der Waals surface area contributed by atoms with Crippen LogP contribution in [0.1, 0.15) is 19.3 Å². The summed E-state index contributed by atoms with van der Waals surface area (Å²) in [6.45, 7) is 8.51. The Kier molecular flexibility index (Phi) is 22.4. The molecule has 0 aromatic carbocycles. The van der Waals surface area contributed by atoms with E-state index in [9.17, 15) is 0 Å². The molecule has 0 spiro atoms. The highest BCUT2D eigenvalue weighted by atomic mass is 16.7. The van der Waals surface area contributed by atoms with E-state index in [1.165, 1.54) is 6.42 Å². The summed E-state index contributed by atoms with van der Waals surface area (Å²) >= 11 is 0. The van der Waals surface area contributed by atoms with E-state index in [1.807, 2.05) is 0 Å². The van der Waals surface area contributed by atoms with Gasteiger partial charge in [0.1, 0.15) is 0 Å². The van der Waals surface area contributed by atoms with Crippen molar-refractivity contribution in [2.24, 2.45) is 0 Å². The number of rotatable bonds is 24. The Morgan fingerprint density at radius 3 is 1.26 bits per heavy atom. The molecule has 0 saturated carbocycles. The first-order chi connectivity index (χ1) is 15.4. The van der Waals surface area contributed by atoms with Crippen LogP contribution in [0.5, 0.6) is 0 Å².